The second-order valence-electron chi connectivity index (χ2n) is 4.63. The van der Waals surface area contributed by atoms with Crippen molar-refractivity contribution in [2.24, 2.45) is 0 Å². The number of hydrogen-bond donors (Lipinski definition) is 1. The predicted octanol–water partition coefficient (Wildman–Crippen LogP) is 1.19. The topological polar surface area (TPSA) is 70.7 Å². The third kappa shape index (κ3) is 1.74. The highest BCUT2D eigenvalue weighted by atomic mass is 16.4. The highest BCUT2D eigenvalue weighted by Gasteiger charge is 2.26. The van der Waals surface area contributed by atoms with E-state index in [0.717, 1.165) is 25.2 Å². The van der Waals surface area contributed by atoms with E-state index >= 15 is 0 Å². The Balaban J connectivity index is 2.02. The van der Waals surface area contributed by atoms with Crippen LogP contribution in [0, 0.1) is 0 Å². The van der Waals surface area contributed by atoms with Crippen LogP contribution in [0.5, 0.6) is 0 Å². The smallest absolute Gasteiger partial charge is 0.335 e. The molecule has 2 aromatic heterocycles. The third-order valence-electron chi connectivity index (χ3n) is 3.42. The molecule has 0 saturated carbocycles. The zero-order valence-electron chi connectivity index (χ0n) is 10.1. The van der Waals surface area contributed by atoms with E-state index in [1.807, 2.05) is 0 Å². The molecule has 6 nitrogen and oxygen atoms in total. The Morgan fingerprint density at radius 2 is 2.39 bits per heavy atom. The number of aromatic nitrogens is 3. The molecule has 0 spiro atoms. The number of hydrogen-bond acceptors (Lipinski definition) is 4. The van der Waals surface area contributed by atoms with Gasteiger partial charge in [0, 0.05) is 6.20 Å². The quantitative estimate of drug-likeness (QED) is 0.862. The fourth-order valence-electron chi connectivity index (χ4n) is 2.41. The number of carboxylic acid groups (broad SMARTS) is 1. The molecule has 3 heterocycles. The minimum atomic E-state index is -0.944. The average molecular weight is 246 g/mol. The Morgan fingerprint density at radius 1 is 1.56 bits per heavy atom. The van der Waals surface area contributed by atoms with E-state index < -0.39 is 5.97 Å². The van der Waals surface area contributed by atoms with Crippen molar-refractivity contribution in [3.63, 3.8) is 0 Å². The number of aromatic carboxylic acids is 1. The van der Waals surface area contributed by atoms with Crippen molar-refractivity contribution >= 4 is 11.6 Å². The molecule has 0 amide bonds. The van der Waals surface area contributed by atoms with Gasteiger partial charge in [0.1, 0.15) is 0 Å². The van der Waals surface area contributed by atoms with Gasteiger partial charge in [0.05, 0.1) is 11.6 Å². The van der Waals surface area contributed by atoms with E-state index in [1.54, 1.807) is 16.8 Å². The molecule has 0 aliphatic carbocycles. The molecule has 94 valence electrons. The van der Waals surface area contributed by atoms with Crippen molar-refractivity contribution in [3.05, 3.63) is 29.7 Å². The minimum Gasteiger partial charge on any atom is -0.478 e. The Kier molecular flexibility index (Phi) is 2.52. The summed E-state index contributed by atoms with van der Waals surface area (Å²) < 4.78 is 1.63. The van der Waals surface area contributed by atoms with Gasteiger partial charge < -0.3 is 5.11 Å². The number of carbonyl (C=O) groups is 1. The molecule has 0 radical (unpaired) electrons. The first kappa shape index (κ1) is 11.2. The summed E-state index contributed by atoms with van der Waals surface area (Å²) in [6.07, 6.45) is 3.85. The standard InChI is InChI=1S/C12H14N4O2/c1-15-5-2-3-9(15)11-13-10-7-8(12(17)18)4-6-16(10)14-11/h4,6-7,9H,2-3,5H2,1H3,(H,17,18). The SMILES string of the molecule is CN1CCCC1c1nc2cc(C(=O)O)ccn2n1. The molecule has 1 aliphatic heterocycles. The van der Waals surface area contributed by atoms with E-state index in [-0.39, 0.29) is 11.6 Å². The van der Waals surface area contributed by atoms with Gasteiger partial charge in [0.15, 0.2) is 11.5 Å². The maximum Gasteiger partial charge on any atom is 0.335 e. The lowest BCUT2D eigenvalue weighted by Gasteiger charge is -2.15. The molecular formula is C12H14N4O2. The van der Waals surface area contributed by atoms with Crippen LogP contribution in [-0.4, -0.2) is 44.2 Å². The van der Waals surface area contributed by atoms with Crippen LogP contribution >= 0.6 is 0 Å². The maximum atomic E-state index is 10.9. The first-order valence-electron chi connectivity index (χ1n) is 5.95. The summed E-state index contributed by atoms with van der Waals surface area (Å²) in [6.45, 7) is 1.06. The van der Waals surface area contributed by atoms with Gasteiger partial charge in [-0.25, -0.2) is 14.3 Å². The first-order chi connectivity index (χ1) is 8.65. The Morgan fingerprint density at radius 3 is 3.06 bits per heavy atom. The molecule has 1 aliphatic rings. The molecule has 1 fully saturated rings. The third-order valence-corrected chi connectivity index (χ3v) is 3.42. The Bertz CT molecular complexity index is 607. The van der Waals surface area contributed by atoms with Gasteiger partial charge in [-0.3, -0.25) is 4.90 Å². The second kappa shape index (κ2) is 4.06. The zero-order chi connectivity index (χ0) is 12.7. The van der Waals surface area contributed by atoms with Crippen LogP contribution < -0.4 is 0 Å². The second-order valence-corrected chi connectivity index (χ2v) is 4.63. The van der Waals surface area contributed by atoms with Gasteiger partial charge in [0.2, 0.25) is 0 Å². The van der Waals surface area contributed by atoms with Crippen LogP contribution in [0.2, 0.25) is 0 Å². The number of rotatable bonds is 2. The van der Waals surface area contributed by atoms with Crippen molar-refractivity contribution < 1.29 is 9.90 Å². The molecule has 1 N–H and O–H groups in total. The largest absolute Gasteiger partial charge is 0.478 e. The van der Waals surface area contributed by atoms with Gasteiger partial charge in [-0.2, -0.15) is 0 Å². The molecule has 6 heteroatoms. The first-order valence-corrected chi connectivity index (χ1v) is 5.95. The highest BCUT2D eigenvalue weighted by Crippen LogP contribution is 2.28. The summed E-state index contributed by atoms with van der Waals surface area (Å²) in [4.78, 5) is 17.6. The van der Waals surface area contributed by atoms with Gasteiger partial charge >= 0.3 is 5.97 Å². The van der Waals surface area contributed by atoms with Crippen LogP contribution in [0.3, 0.4) is 0 Å². The lowest BCUT2D eigenvalue weighted by Crippen LogP contribution is -2.18. The lowest BCUT2D eigenvalue weighted by molar-refractivity contribution is 0.0697. The van der Waals surface area contributed by atoms with E-state index in [4.69, 9.17) is 5.11 Å². The normalized spacial score (nSPS) is 20.6. The van der Waals surface area contributed by atoms with Crippen LogP contribution in [0.25, 0.3) is 5.65 Å². The summed E-state index contributed by atoms with van der Waals surface area (Å²) >= 11 is 0. The molecule has 1 saturated heterocycles. The Labute approximate surface area is 104 Å². The van der Waals surface area contributed by atoms with E-state index in [0.29, 0.717) is 5.65 Å². The summed E-state index contributed by atoms with van der Waals surface area (Å²) in [7, 11) is 2.06. The van der Waals surface area contributed by atoms with Crippen molar-refractivity contribution in [2.75, 3.05) is 13.6 Å². The van der Waals surface area contributed by atoms with Crippen LogP contribution in [0.15, 0.2) is 18.3 Å². The fourth-order valence-corrected chi connectivity index (χ4v) is 2.41. The molecule has 1 atom stereocenters. The van der Waals surface area contributed by atoms with Crippen molar-refractivity contribution in [1.82, 2.24) is 19.5 Å². The molecule has 2 aromatic rings. The number of pyridine rings is 1. The van der Waals surface area contributed by atoms with E-state index in [9.17, 15) is 4.79 Å². The fraction of sp³-hybridized carbons (Fsp3) is 0.417. The van der Waals surface area contributed by atoms with Crippen molar-refractivity contribution in [2.45, 2.75) is 18.9 Å². The van der Waals surface area contributed by atoms with Crippen LogP contribution in [-0.2, 0) is 0 Å². The number of nitrogens with zero attached hydrogens (tertiary/aromatic N) is 4. The molecule has 18 heavy (non-hydrogen) atoms. The Hall–Kier alpha value is -1.95. The van der Waals surface area contributed by atoms with Crippen LogP contribution in [0.1, 0.15) is 35.1 Å². The molecule has 0 bridgehead atoms. The highest BCUT2D eigenvalue weighted by molar-refractivity contribution is 5.88. The van der Waals surface area contributed by atoms with Crippen molar-refractivity contribution in [1.29, 1.82) is 0 Å². The van der Waals surface area contributed by atoms with Crippen LogP contribution in [0.4, 0.5) is 0 Å². The van der Waals surface area contributed by atoms with E-state index in [2.05, 4.69) is 22.0 Å². The molecular weight excluding hydrogens is 232 g/mol. The maximum absolute atomic E-state index is 10.9. The van der Waals surface area contributed by atoms with Gasteiger partial charge in [0.25, 0.3) is 0 Å². The molecule has 3 rings (SSSR count). The van der Waals surface area contributed by atoms with Gasteiger partial charge in [-0.1, -0.05) is 0 Å². The minimum absolute atomic E-state index is 0.237. The average Bonchev–Trinajstić information content (AvgIpc) is 2.92. The molecule has 1 unspecified atom stereocenters. The molecule has 0 aromatic carbocycles. The number of likely N-dealkylation sites (tertiary alicyclic amines) is 1. The van der Waals surface area contributed by atoms with Crippen molar-refractivity contribution in [3.8, 4) is 0 Å². The summed E-state index contributed by atoms with van der Waals surface area (Å²) in [5, 5.41) is 13.4. The zero-order valence-corrected chi connectivity index (χ0v) is 10.1. The number of fused-ring (bicyclic) bond motifs is 1. The lowest BCUT2D eigenvalue weighted by atomic mass is 10.2. The summed E-state index contributed by atoms with van der Waals surface area (Å²) in [5.41, 5.74) is 0.825. The van der Waals surface area contributed by atoms with Gasteiger partial charge in [-0.15, -0.1) is 5.10 Å². The van der Waals surface area contributed by atoms with Gasteiger partial charge in [-0.05, 0) is 38.6 Å². The predicted molar refractivity (Wildman–Crippen MR) is 64.6 cm³/mol. The summed E-state index contributed by atoms with van der Waals surface area (Å²) in [6, 6.07) is 3.33. The summed E-state index contributed by atoms with van der Waals surface area (Å²) in [5.74, 6) is -0.169. The monoisotopic (exact) mass is 246 g/mol. The van der Waals surface area contributed by atoms with E-state index in [1.165, 1.54) is 6.07 Å². The number of carboxylic acids is 1.